The van der Waals surface area contributed by atoms with Gasteiger partial charge in [-0.1, -0.05) is 61.6 Å². The van der Waals surface area contributed by atoms with Gasteiger partial charge in [0, 0.05) is 34.8 Å². The van der Waals surface area contributed by atoms with Crippen LogP contribution in [-0.4, -0.2) is 23.5 Å². The minimum absolute atomic E-state index is 0.131. The maximum Gasteiger partial charge on any atom is 0.306 e. The van der Waals surface area contributed by atoms with Crippen molar-refractivity contribution in [1.29, 1.82) is 0 Å². The van der Waals surface area contributed by atoms with E-state index in [2.05, 4.69) is 54.2 Å². The van der Waals surface area contributed by atoms with Crippen molar-refractivity contribution >= 4 is 24.0 Å². The van der Waals surface area contributed by atoms with E-state index in [9.17, 15) is 9.59 Å². The molecule has 1 unspecified atom stereocenters. The zero-order chi connectivity index (χ0) is 22.2. The smallest absolute Gasteiger partial charge is 0.306 e. The monoisotopic (exact) mass is 418 g/mol. The molecular weight excluding hydrogens is 388 g/mol. The molecule has 0 spiro atoms. The molecule has 31 heavy (non-hydrogen) atoms. The number of hydrogen-bond donors (Lipinski definition) is 2. The van der Waals surface area contributed by atoms with E-state index in [1.807, 2.05) is 24.3 Å². The van der Waals surface area contributed by atoms with Gasteiger partial charge in [-0.05, 0) is 43.4 Å². The van der Waals surface area contributed by atoms with E-state index in [0.717, 1.165) is 33.9 Å². The average Bonchev–Trinajstić information content (AvgIpc) is 3.12. The summed E-state index contributed by atoms with van der Waals surface area (Å²) in [4.78, 5) is 27.6. The first-order valence-electron chi connectivity index (χ1n) is 10.7. The molecule has 1 aliphatic rings. The quantitative estimate of drug-likeness (QED) is 0.509. The molecule has 162 valence electrons. The van der Waals surface area contributed by atoms with Crippen LogP contribution in [0, 0.1) is 5.92 Å². The Bertz CT molecular complexity index is 1090. The Labute approximate surface area is 183 Å². The molecule has 1 aliphatic carbocycles. The Morgan fingerprint density at radius 3 is 2.74 bits per heavy atom. The molecule has 1 atom stereocenters. The Balaban J connectivity index is 1.72. The van der Waals surface area contributed by atoms with Crippen molar-refractivity contribution in [2.75, 3.05) is 6.61 Å². The van der Waals surface area contributed by atoms with Crippen LogP contribution in [0.5, 0.6) is 0 Å². The second kappa shape index (κ2) is 10.6. The van der Waals surface area contributed by atoms with Crippen molar-refractivity contribution in [3.05, 3.63) is 70.9 Å². The molecule has 0 fully saturated rings. The van der Waals surface area contributed by atoms with Gasteiger partial charge < -0.3 is 15.0 Å². The predicted molar refractivity (Wildman–Crippen MR) is 124 cm³/mol. The normalized spacial score (nSPS) is 15.3. The van der Waals surface area contributed by atoms with Crippen LogP contribution < -0.4 is 15.9 Å². The fourth-order valence-electron chi connectivity index (χ4n) is 3.55. The number of nitrogens with one attached hydrogen (secondary N) is 2. The SMILES string of the molecule is C=C(CCC(=O)OCC)CC(=O)NC1=CC(C)CC=c2[nH]c(-c3ccccc3)cc2=C1. The van der Waals surface area contributed by atoms with E-state index < -0.39 is 0 Å². The maximum atomic E-state index is 12.6. The summed E-state index contributed by atoms with van der Waals surface area (Å²) in [7, 11) is 0. The number of carbonyl (C=O) groups is 2. The van der Waals surface area contributed by atoms with Crippen LogP contribution in [0.2, 0.25) is 0 Å². The summed E-state index contributed by atoms with van der Waals surface area (Å²) in [6, 6.07) is 12.3. The molecule has 2 N–H and O–H groups in total. The van der Waals surface area contributed by atoms with Crippen LogP contribution in [0.1, 0.15) is 39.5 Å². The molecule has 5 heteroatoms. The first kappa shape index (κ1) is 22.3. The Morgan fingerprint density at radius 1 is 1.23 bits per heavy atom. The summed E-state index contributed by atoms with van der Waals surface area (Å²) >= 11 is 0. The molecule has 2 aromatic rings. The van der Waals surface area contributed by atoms with Gasteiger partial charge in [0.25, 0.3) is 0 Å². The molecule has 1 aromatic carbocycles. The van der Waals surface area contributed by atoms with Gasteiger partial charge in [-0.15, -0.1) is 0 Å². The lowest BCUT2D eigenvalue weighted by Gasteiger charge is -2.11. The number of amides is 1. The second-order valence-corrected chi connectivity index (χ2v) is 7.88. The first-order chi connectivity index (χ1) is 14.9. The van der Waals surface area contributed by atoms with Crippen LogP contribution in [0.15, 0.2) is 60.3 Å². The molecule has 5 nitrogen and oxygen atoms in total. The molecular formula is C26H30N2O3. The highest BCUT2D eigenvalue weighted by Gasteiger charge is 2.11. The molecule has 1 aromatic heterocycles. The van der Waals surface area contributed by atoms with E-state index in [1.54, 1.807) is 6.92 Å². The summed E-state index contributed by atoms with van der Waals surface area (Å²) in [6.45, 7) is 8.19. The van der Waals surface area contributed by atoms with Crippen LogP contribution in [0.3, 0.4) is 0 Å². The fourth-order valence-corrected chi connectivity index (χ4v) is 3.55. The van der Waals surface area contributed by atoms with Gasteiger partial charge in [0.15, 0.2) is 0 Å². The zero-order valence-corrected chi connectivity index (χ0v) is 18.2. The molecule has 0 saturated heterocycles. The van der Waals surface area contributed by atoms with Crippen molar-refractivity contribution in [2.45, 2.75) is 39.5 Å². The molecule has 3 rings (SSSR count). The number of allylic oxidation sites excluding steroid dienone is 2. The van der Waals surface area contributed by atoms with E-state index in [1.165, 1.54) is 0 Å². The van der Waals surface area contributed by atoms with Crippen LogP contribution in [0.4, 0.5) is 0 Å². The topological polar surface area (TPSA) is 71.2 Å². The van der Waals surface area contributed by atoms with Crippen molar-refractivity contribution in [1.82, 2.24) is 10.3 Å². The van der Waals surface area contributed by atoms with E-state index in [-0.39, 0.29) is 30.6 Å². The Hall–Kier alpha value is -3.34. The highest BCUT2D eigenvalue weighted by molar-refractivity contribution is 5.82. The maximum absolute atomic E-state index is 12.6. The standard InChI is InChI=1S/C26H30N2O3/c1-4-31-26(30)13-11-19(3)15-25(29)27-22-14-18(2)10-12-23-21(16-22)17-24(28-23)20-8-6-5-7-9-20/h5-9,12,14,16-18,28H,3-4,10-11,13,15H2,1-2H3,(H,27,29). The van der Waals surface area contributed by atoms with E-state index in [4.69, 9.17) is 4.74 Å². The third-order valence-electron chi connectivity index (χ3n) is 5.12. The number of rotatable bonds is 8. The Kier molecular flexibility index (Phi) is 7.65. The number of ether oxygens (including phenoxy) is 1. The van der Waals surface area contributed by atoms with Crippen molar-refractivity contribution in [3.63, 3.8) is 0 Å². The van der Waals surface area contributed by atoms with Gasteiger partial charge in [-0.2, -0.15) is 0 Å². The van der Waals surface area contributed by atoms with Gasteiger partial charge in [0.05, 0.1) is 6.61 Å². The van der Waals surface area contributed by atoms with Gasteiger partial charge in [0.2, 0.25) is 5.91 Å². The zero-order valence-electron chi connectivity index (χ0n) is 18.2. The number of esters is 1. The van der Waals surface area contributed by atoms with Crippen molar-refractivity contribution in [3.8, 4) is 11.3 Å². The highest BCUT2D eigenvalue weighted by Crippen LogP contribution is 2.15. The van der Waals surface area contributed by atoms with Crippen LogP contribution in [-0.2, 0) is 14.3 Å². The van der Waals surface area contributed by atoms with E-state index >= 15 is 0 Å². The third-order valence-corrected chi connectivity index (χ3v) is 5.12. The summed E-state index contributed by atoms with van der Waals surface area (Å²) in [5, 5.41) is 5.11. The highest BCUT2D eigenvalue weighted by atomic mass is 16.5. The third kappa shape index (κ3) is 6.57. The lowest BCUT2D eigenvalue weighted by Crippen LogP contribution is -2.28. The van der Waals surface area contributed by atoms with Crippen LogP contribution >= 0.6 is 0 Å². The lowest BCUT2D eigenvalue weighted by molar-refractivity contribution is -0.143. The van der Waals surface area contributed by atoms with Gasteiger partial charge in [0.1, 0.15) is 0 Å². The molecule has 0 bridgehead atoms. The summed E-state index contributed by atoms with van der Waals surface area (Å²) in [5.41, 5.74) is 3.66. The number of aromatic nitrogens is 1. The Morgan fingerprint density at radius 2 is 2.00 bits per heavy atom. The van der Waals surface area contributed by atoms with Crippen molar-refractivity contribution in [2.24, 2.45) is 5.92 Å². The molecule has 0 aliphatic heterocycles. The number of carbonyl (C=O) groups excluding carboxylic acids is 2. The van der Waals surface area contributed by atoms with Gasteiger partial charge in [-0.25, -0.2) is 0 Å². The molecule has 0 saturated carbocycles. The molecule has 1 heterocycles. The largest absolute Gasteiger partial charge is 0.466 e. The van der Waals surface area contributed by atoms with E-state index in [0.29, 0.717) is 18.6 Å². The molecule has 0 radical (unpaired) electrons. The second-order valence-electron chi connectivity index (χ2n) is 7.88. The van der Waals surface area contributed by atoms with Crippen LogP contribution in [0.25, 0.3) is 23.4 Å². The lowest BCUT2D eigenvalue weighted by atomic mass is 10.0. The predicted octanol–water partition coefficient (Wildman–Crippen LogP) is 3.57. The number of H-pyrrole nitrogens is 1. The number of hydrogen-bond acceptors (Lipinski definition) is 3. The summed E-state index contributed by atoms with van der Waals surface area (Å²) < 4.78 is 4.92. The summed E-state index contributed by atoms with van der Waals surface area (Å²) in [5.74, 6) is -0.108. The minimum Gasteiger partial charge on any atom is -0.466 e. The first-order valence-corrected chi connectivity index (χ1v) is 10.7. The average molecular weight is 419 g/mol. The van der Waals surface area contributed by atoms with Gasteiger partial charge in [-0.3, -0.25) is 9.59 Å². The number of fused-ring (bicyclic) bond motifs is 1. The number of benzene rings is 1. The number of aromatic amines is 1. The van der Waals surface area contributed by atoms with Gasteiger partial charge >= 0.3 is 5.97 Å². The summed E-state index contributed by atoms with van der Waals surface area (Å²) in [6.07, 6.45) is 8.04. The minimum atomic E-state index is -0.264. The molecule has 1 amide bonds. The fraction of sp³-hybridized carbons (Fsp3) is 0.308. The van der Waals surface area contributed by atoms with Crippen molar-refractivity contribution < 1.29 is 14.3 Å².